The van der Waals surface area contributed by atoms with Gasteiger partial charge in [0.1, 0.15) is 11.6 Å². The fraction of sp³-hybridized carbons (Fsp3) is 0. The van der Waals surface area contributed by atoms with E-state index in [1.54, 1.807) is 36.6 Å². The molecule has 0 aliphatic carbocycles. The lowest BCUT2D eigenvalue weighted by atomic mass is 10.2. The quantitative estimate of drug-likeness (QED) is 0.564. The number of allylic oxidation sites excluding steroid dienone is 2. The van der Waals surface area contributed by atoms with Gasteiger partial charge in [0.15, 0.2) is 4.32 Å². The first-order valence-corrected chi connectivity index (χ1v) is 8.10. The minimum atomic E-state index is -0.544. The van der Waals surface area contributed by atoms with E-state index < -0.39 is 5.82 Å². The number of thioether (sulfide) groups is 1. The molecule has 23 heavy (non-hydrogen) atoms. The van der Waals surface area contributed by atoms with Crippen molar-refractivity contribution < 1.29 is 13.6 Å². The molecular weight excluding hydrogens is 357 g/mol. The molecule has 0 unspecified atom stereocenters. The zero-order valence-corrected chi connectivity index (χ0v) is 13.9. The third-order valence-corrected chi connectivity index (χ3v) is 4.62. The van der Waals surface area contributed by atoms with E-state index in [0.717, 1.165) is 0 Å². The topological polar surface area (TPSA) is 33.5 Å². The molecule has 3 rings (SSSR count). The molecule has 1 fully saturated rings. The number of hydrogen-bond donors (Lipinski definition) is 0. The van der Waals surface area contributed by atoms with Gasteiger partial charge in [0.25, 0.3) is 5.91 Å². The van der Waals surface area contributed by atoms with Gasteiger partial charge < -0.3 is 4.42 Å². The van der Waals surface area contributed by atoms with Crippen molar-refractivity contribution in [2.75, 3.05) is 4.90 Å². The first-order chi connectivity index (χ1) is 11.1. The zero-order valence-electron chi connectivity index (χ0n) is 11.5. The molecule has 1 aromatic carbocycles. The molecule has 0 spiro atoms. The van der Waals surface area contributed by atoms with Gasteiger partial charge in [-0.25, -0.2) is 4.39 Å². The second-order valence-electron chi connectivity index (χ2n) is 4.51. The average Bonchev–Trinajstić information content (AvgIpc) is 3.12. The highest BCUT2D eigenvalue weighted by atomic mass is 35.5. The van der Waals surface area contributed by atoms with Crippen molar-refractivity contribution >= 4 is 57.6 Å². The maximum atomic E-state index is 13.3. The molecule has 1 aromatic heterocycles. The second-order valence-corrected chi connectivity index (χ2v) is 6.60. The predicted octanol–water partition coefficient (Wildman–Crippen LogP) is 5.03. The van der Waals surface area contributed by atoms with Crippen LogP contribution in [0.5, 0.6) is 0 Å². The van der Waals surface area contributed by atoms with Crippen LogP contribution >= 0.6 is 35.6 Å². The van der Waals surface area contributed by atoms with Gasteiger partial charge in [0, 0.05) is 0 Å². The van der Waals surface area contributed by atoms with E-state index in [1.165, 1.54) is 34.9 Å². The number of thiocarbonyl (C=S) groups is 1. The van der Waals surface area contributed by atoms with Gasteiger partial charge in [-0.3, -0.25) is 9.69 Å². The Morgan fingerprint density at radius 2 is 2.17 bits per heavy atom. The molecule has 116 valence electrons. The highest BCUT2D eigenvalue weighted by Crippen LogP contribution is 2.36. The zero-order chi connectivity index (χ0) is 16.4. The van der Waals surface area contributed by atoms with Crippen molar-refractivity contribution in [1.82, 2.24) is 0 Å². The van der Waals surface area contributed by atoms with E-state index >= 15 is 0 Å². The van der Waals surface area contributed by atoms with Crippen molar-refractivity contribution in [3.05, 3.63) is 70.3 Å². The van der Waals surface area contributed by atoms with Gasteiger partial charge in [0.2, 0.25) is 0 Å². The Labute approximate surface area is 146 Å². The molecule has 0 radical (unpaired) electrons. The van der Waals surface area contributed by atoms with Crippen molar-refractivity contribution in [3.8, 4) is 0 Å². The molecule has 1 aliphatic rings. The van der Waals surface area contributed by atoms with Crippen LogP contribution in [0.4, 0.5) is 10.1 Å². The van der Waals surface area contributed by atoms with Gasteiger partial charge >= 0.3 is 0 Å². The number of carbonyl (C=O) groups is 1. The van der Waals surface area contributed by atoms with Crippen LogP contribution in [0.2, 0.25) is 5.02 Å². The van der Waals surface area contributed by atoms with Crippen molar-refractivity contribution in [2.24, 2.45) is 0 Å². The highest BCUT2D eigenvalue weighted by molar-refractivity contribution is 8.27. The molecule has 0 atom stereocenters. The first kappa shape index (κ1) is 16.0. The van der Waals surface area contributed by atoms with E-state index in [9.17, 15) is 9.18 Å². The van der Waals surface area contributed by atoms with Gasteiger partial charge in [-0.15, -0.1) is 0 Å². The van der Waals surface area contributed by atoms with Crippen molar-refractivity contribution in [1.29, 1.82) is 0 Å². The molecular formula is C16H9ClFNO2S2. The number of carbonyl (C=O) groups excluding carboxylic acids is 1. The predicted molar refractivity (Wildman–Crippen MR) is 94.9 cm³/mol. The Balaban J connectivity index is 1.83. The Kier molecular flexibility index (Phi) is 4.66. The monoisotopic (exact) mass is 365 g/mol. The third-order valence-electron chi connectivity index (χ3n) is 3.01. The van der Waals surface area contributed by atoms with Crippen LogP contribution < -0.4 is 4.90 Å². The largest absolute Gasteiger partial charge is 0.465 e. The second kappa shape index (κ2) is 6.70. The van der Waals surface area contributed by atoms with Gasteiger partial charge in [0.05, 0.1) is 21.9 Å². The molecule has 3 nitrogen and oxygen atoms in total. The molecule has 2 aromatic rings. The van der Waals surface area contributed by atoms with Gasteiger partial charge in [-0.1, -0.05) is 41.7 Å². The Morgan fingerprint density at radius 1 is 1.35 bits per heavy atom. The smallest absolute Gasteiger partial charge is 0.270 e. The number of benzene rings is 1. The van der Waals surface area contributed by atoms with Crippen molar-refractivity contribution in [3.63, 3.8) is 0 Å². The lowest BCUT2D eigenvalue weighted by Crippen LogP contribution is -2.27. The number of rotatable bonds is 3. The first-order valence-electron chi connectivity index (χ1n) is 6.49. The van der Waals surface area contributed by atoms with Crippen LogP contribution in [0.1, 0.15) is 5.76 Å². The van der Waals surface area contributed by atoms with E-state index in [2.05, 4.69) is 0 Å². The molecule has 0 saturated carbocycles. The summed E-state index contributed by atoms with van der Waals surface area (Å²) in [5.41, 5.74) is 0.442. The number of amides is 1. The standard InChI is InChI=1S/C16H9ClFNO2S2/c17-12-9-10(6-7-13(12)18)19-15(20)14(23-16(19)22)5-1-3-11-4-2-8-21-11/h1-9H/b3-1+,14-5-. The lowest BCUT2D eigenvalue weighted by Gasteiger charge is -2.14. The molecule has 7 heteroatoms. The van der Waals surface area contributed by atoms with Crippen LogP contribution in [-0.2, 0) is 4.79 Å². The molecule has 0 N–H and O–H groups in total. The Hall–Kier alpha value is -1.89. The summed E-state index contributed by atoms with van der Waals surface area (Å²) in [6.07, 6.45) is 6.68. The summed E-state index contributed by atoms with van der Waals surface area (Å²) in [4.78, 5) is 14.3. The van der Waals surface area contributed by atoms with Crippen molar-refractivity contribution in [2.45, 2.75) is 0 Å². The van der Waals surface area contributed by atoms with E-state index in [1.807, 2.05) is 0 Å². The minimum Gasteiger partial charge on any atom is -0.465 e. The molecule has 1 saturated heterocycles. The third kappa shape index (κ3) is 3.39. The molecule has 1 amide bonds. The summed E-state index contributed by atoms with van der Waals surface area (Å²) in [5.74, 6) is -0.133. The molecule has 2 heterocycles. The summed E-state index contributed by atoms with van der Waals surface area (Å²) in [6.45, 7) is 0. The van der Waals surface area contributed by atoms with E-state index in [-0.39, 0.29) is 10.9 Å². The molecule has 1 aliphatic heterocycles. The Bertz CT molecular complexity index is 831. The van der Waals surface area contributed by atoms with Crippen LogP contribution in [0, 0.1) is 5.82 Å². The number of anilines is 1. The highest BCUT2D eigenvalue weighted by Gasteiger charge is 2.33. The summed E-state index contributed by atoms with van der Waals surface area (Å²) in [7, 11) is 0. The van der Waals surface area contributed by atoms with Crippen LogP contribution in [0.25, 0.3) is 6.08 Å². The fourth-order valence-electron chi connectivity index (χ4n) is 1.95. The number of furan rings is 1. The summed E-state index contributed by atoms with van der Waals surface area (Å²) in [6, 6.07) is 7.63. The summed E-state index contributed by atoms with van der Waals surface area (Å²) in [5, 5.41) is -0.0572. The maximum absolute atomic E-state index is 13.3. The van der Waals surface area contributed by atoms with E-state index in [0.29, 0.717) is 20.7 Å². The lowest BCUT2D eigenvalue weighted by molar-refractivity contribution is -0.113. The van der Waals surface area contributed by atoms with Crippen LogP contribution in [-0.4, -0.2) is 10.2 Å². The number of hydrogen-bond acceptors (Lipinski definition) is 4. The number of nitrogens with zero attached hydrogens (tertiary/aromatic N) is 1. The summed E-state index contributed by atoms with van der Waals surface area (Å²) >= 11 is 12.2. The number of halogens is 2. The van der Waals surface area contributed by atoms with Gasteiger partial charge in [-0.05, 0) is 42.5 Å². The van der Waals surface area contributed by atoms with Gasteiger partial charge in [-0.2, -0.15) is 0 Å². The fourth-order valence-corrected chi connectivity index (χ4v) is 3.37. The minimum absolute atomic E-state index is 0.0572. The average molecular weight is 366 g/mol. The maximum Gasteiger partial charge on any atom is 0.270 e. The normalized spacial score (nSPS) is 17.0. The molecule has 0 bridgehead atoms. The van der Waals surface area contributed by atoms with Crippen LogP contribution in [0.15, 0.2) is 58.1 Å². The SMILES string of the molecule is O=C1/C(=C/C=C/c2ccco2)SC(=S)N1c1ccc(F)c(Cl)c1. The van der Waals surface area contributed by atoms with E-state index in [4.69, 9.17) is 28.2 Å². The Morgan fingerprint density at radius 3 is 2.87 bits per heavy atom. The summed E-state index contributed by atoms with van der Waals surface area (Å²) < 4.78 is 18.8. The van der Waals surface area contributed by atoms with Crippen LogP contribution in [0.3, 0.4) is 0 Å².